The van der Waals surface area contributed by atoms with Crippen LogP contribution in [0.4, 0.5) is 0 Å². The molecule has 0 saturated carbocycles. The molecule has 0 heterocycles. The predicted octanol–water partition coefficient (Wildman–Crippen LogP) is 2.74. The van der Waals surface area contributed by atoms with Gasteiger partial charge in [-0.05, 0) is 5.56 Å². The van der Waals surface area contributed by atoms with E-state index in [0.29, 0.717) is 0 Å². The highest BCUT2D eigenvalue weighted by molar-refractivity contribution is 5.84. The van der Waals surface area contributed by atoms with Crippen LogP contribution in [-0.2, 0) is 9.53 Å². The van der Waals surface area contributed by atoms with E-state index in [4.69, 9.17) is 4.74 Å². The molecule has 0 aliphatic carbocycles. The Morgan fingerprint density at radius 3 is 2.28 bits per heavy atom. The average molecular weight is 250 g/mol. The summed E-state index contributed by atoms with van der Waals surface area (Å²) in [7, 11) is 1.54. The highest BCUT2D eigenvalue weighted by atomic mass is 16.5. The molecule has 0 aliphatic rings. The summed E-state index contributed by atoms with van der Waals surface area (Å²) < 4.78 is 5.31. The molecule has 0 unspecified atom stereocenters. The van der Waals surface area contributed by atoms with Gasteiger partial charge in [0, 0.05) is 18.9 Å². The Morgan fingerprint density at radius 1 is 1.28 bits per heavy atom. The van der Waals surface area contributed by atoms with Gasteiger partial charge in [-0.3, -0.25) is 4.79 Å². The molecule has 0 bridgehead atoms. The van der Waals surface area contributed by atoms with Gasteiger partial charge >= 0.3 is 0 Å². The number of ether oxygens (including phenoxy) is 1. The van der Waals surface area contributed by atoms with Crippen molar-refractivity contribution in [3.63, 3.8) is 0 Å². The van der Waals surface area contributed by atoms with E-state index in [0.717, 1.165) is 5.56 Å². The molecule has 0 saturated heterocycles. The van der Waals surface area contributed by atoms with Crippen LogP contribution in [0.15, 0.2) is 30.3 Å². The highest BCUT2D eigenvalue weighted by Crippen LogP contribution is 2.26. The second-order valence-electron chi connectivity index (χ2n) is 5.51. The maximum Gasteiger partial charge on any atom is 0.140 e. The lowest BCUT2D eigenvalue weighted by Gasteiger charge is -2.24. The molecule has 3 nitrogen and oxygen atoms in total. The zero-order valence-electron chi connectivity index (χ0n) is 11.5. The Bertz CT molecular complexity index is 378. The van der Waals surface area contributed by atoms with Crippen molar-refractivity contribution in [3.8, 4) is 0 Å². The lowest BCUT2D eigenvalue weighted by atomic mass is 9.86. The SMILES string of the molecule is CO[C@H](c1ccccc1)[C@H](O)CC(=O)C(C)(C)C. The predicted molar refractivity (Wildman–Crippen MR) is 71.3 cm³/mol. The summed E-state index contributed by atoms with van der Waals surface area (Å²) in [6.07, 6.45) is -1.17. The summed E-state index contributed by atoms with van der Waals surface area (Å²) >= 11 is 0. The summed E-state index contributed by atoms with van der Waals surface area (Å²) in [5.41, 5.74) is 0.449. The highest BCUT2D eigenvalue weighted by Gasteiger charge is 2.28. The third-order valence-electron chi connectivity index (χ3n) is 2.96. The summed E-state index contributed by atoms with van der Waals surface area (Å²) in [5, 5.41) is 10.2. The van der Waals surface area contributed by atoms with E-state index in [1.807, 2.05) is 51.1 Å². The fraction of sp³-hybridized carbons (Fsp3) is 0.533. The third kappa shape index (κ3) is 3.93. The smallest absolute Gasteiger partial charge is 0.140 e. The Hall–Kier alpha value is -1.19. The summed E-state index contributed by atoms with van der Waals surface area (Å²) in [4.78, 5) is 11.9. The van der Waals surface area contributed by atoms with Gasteiger partial charge in [0.25, 0.3) is 0 Å². The van der Waals surface area contributed by atoms with Crippen LogP contribution in [0.3, 0.4) is 0 Å². The number of hydrogen-bond donors (Lipinski definition) is 1. The van der Waals surface area contributed by atoms with Crippen molar-refractivity contribution in [2.75, 3.05) is 7.11 Å². The number of hydrogen-bond acceptors (Lipinski definition) is 3. The molecule has 0 aliphatic heterocycles. The normalized spacial score (nSPS) is 15.2. The monoisotopic (exact) mass is 250 g/mol. The van der Waals surface area contributed by atoms with E-state index in [-0.39, 0.29) is 12.2 Å². The van der Waals surface area contributed by atoms with Crippen LogP contribution in [0.1, 0.15) is 38.9 Å². The van der Waals surface area contributed by atoms with Crippen molar-refractivity contribution in [2.24, 2.45) is 5.41 Å². The van der Waals surface area contributed by atoms with Crippen molar-refractivity contribution in [3.05, 3.63) is 35.9 Å². The lowest BCUT2D eigenvalue weighted by Crippen LogP contribution is -2.29. The average Bonchev–Trinajstić information content (AvgIpc) is 2.30. The Kier molecular flexibility index (Phi) is 5.05. The first-order valence-corrected chi connectivity index (χ1v) is 6.15. The van der Waals surface area contributed by atoms with Crippen molar-refractivity contribution in [1.82, 2.24) is 0 Å². The number of aliphatic hydroxyl groups excluding tert-OH is 1. The number of Topliss-reactive ketones (excluding diaryl/α,β-unsaturated/α-hetero) is 1. The Morgan fingerprint density at radius 2 is 1.83 bits per heavy atom. The minimum atomic E-state index is -0.816. The Labute approximate surface area is 109 Å². The van der Waals surface area contributed by atoms with E-state index in [1.165, 1.54) is 0 Å². The van der Waals surface area contributed by atoms with Crippen molar-refractivity contribution in [1.29, 1.82) is 0 Å². The minimum absolute atomic E-state index is 0.0352. The first-order valence-electron chi connectivity index (χ1n) is 6.15. The number of methoxy groups -OCH3 is 1. The molecule has 0 radical (unpaired) electrons. The maximum atomic E-state index is 11.9. The molecule has 18 heavy (non-hydrogen) atoms. The molecule has 1 N–H and O–H groups in total. The lowest BCUT2D eigenvalue weighted by molar-refractivity contribution is -0.130. The number of carbonyl (C=O) groups is 1. The molecule has 3 heteroatoms. The van der Waals surface area contributed by atoms with Crippen LogP contribution >= 0.6 is 0 Å². The Balaban J connectivity index is 2.75. The van der Waals surface area contributed by atoms with Gasteiger partial charge in [0.05, 0.1) is 6.10 Å². The largest absolute Gasteiger partial charge is 0.390 e. The first kappa shape index (κ1) is 14.9. The molecule has 1 rings (SSSR count). The molecular formula is C15H22O3. The fourth-order valence-corrected chi connectivity index (χ4v) is 1.76. The van der Waals surface area contributed by atoms with Gasteiger partial charge in [-0.1, -0.05) is 51.1 Å². The van der Waals surface area contributed by atoms with Gasteiger partial charge in [-0.25, -0.2) is 0 Å². The fourth-order valence-electron chi connectivity index (χ4n) is 1.76. The second-order valence-corrected chi connectivity index (χ2v) is 5.51. The van der Waals surface area contributed by atoms with Crippen LogP contribution in [-0.4, -0.2) is 24.1 Å². The topological polar surface area (TPSA) is 46.5 Å². The van der Waals surface area contributed by atoms with E-state index in [2.05, 4.69) is 0 Å². The molecule has 0 fully saturated rings. The van der Waals surface area contributed by atoms with Gasteiger partial charge in [0.15, 0.2) is 0 Å². The van der Waals surface area contributed by atoms with Gasteiger partial charge in [-0.15, -0.1) is 0 Å². The molecule has 0 aromatic heterocycles. The van der Waals surface area contributed by atoms with E-state index in [1.54, 1.807) is 7.11 Å². The van der Waals surface area contributed by atoms with Crippen LogP contribution in [0.25, 0.3) is 0 Å². The molecule has 2 atom stereocenters. The van der Waals surface area contributed by atoms with Crippen molar-refractivity contribution in [2.45, 2.75) is 39.4 Å². The summed E-state index contributed by atoms with van der Waals surface area (Å²) in [6.45, 7) is 5.56. The summed E-state index contributed by atoms with van der Waals surface area (Å²) in [6, 6.07) is 9.46. The van der Waals surface area contributed by atoms with Crippen LogP contribution in [0.5, 0.6) is 0 Å². The van der Waals surface area contributed by atoms with Crippen LogP contribution in [0, 0.1) is 5.41 Å². The molecular weight excluding hydrogens is 228 g/mol. The number of benzene rings is 1. The van der Waals surface area contributed by atoms with Crippen LogP contribution in [0.2, 0.25) is 0 Å². The number of carbonyl (C=O) groups excluding carboxylic acids is 1. The molecule has 0 spiro atoms. The molecule has 1 aromatic carbocycles. The van der Waals surface area contributed by atoms with E-state index < -0.39 is 17.6 Å². The van der Waals surface area contributed by atoms with Gasteiger partial charge in [0.2, 0.25) is 0 Å². The van der Waals surface area contributed by atoms with Gasteiger partial charge in [0.1, 0.15) is 11.9 Å². The molecule has 0 amide bonds. The number of ketones is 1. The minimum Gasteiger partial charge on any atom is -0.390 e. The van der Waals surface area contributed by atoms with Crippen molar-refractivity contribution < 1.29 is 14.6 Å². The van der Waals surface area contributed by atoms with Crippen molar-refractivity contribution >= 4 is 5.78 Å². The quantitative estimate of drug-likeness (QED) is 0.874. The molecule has 100 valence electrons. The van der Waals surface area contributed by atoms with E-state index >= 15 is 0 Å². The first-order chi connectivity index (χ1) is 8.36. The maximum absolute atomic E-state index is 11.9. The number of rotatable bonds is 5. The third-order valence-corrected chi connectivity index (χ3v) is 2.96. The zero-order chi connectivity index (χ0) is 13.8. The standard InChI is InChI=1S/C15H22O3/c1-15(2,3)13(17)10-12(16)14(18-4)11-8-6-5-7-9-11/h5-9,12,14,16H,10H2,1-4H3/t12-,14-/m1/s1. The molecule has 1 aromatic rings. The summed E-state index contributed by atoms with van der Waals surface area (Å²) in [5.74, 6) is 0.0352. The zero-order valence-corrected chi connectivity index (χ0v) is 11.5. The van der Waals surface area contributed by atoms with Crippen LogP contribution < -0.4 is 0 Å². The van der Waals surface area contributed by atoms with E-state index in [9.17, 15) is 9.90 Å². The second kappa shape index (κ2) is 6.12. The van der Waals surface area contributed by atoms with Gasteiger partial charge < -0.3 is 9.84 Å². The number of aliphatic hydroxyl groups is 1. The van der Waals surface area contributed by atoms with Gasteiger partial charge in [-0.2, -0.15) is 0 Å².